The van der Waals surface area contributed by atoms with E-state index >= 15 is 0 Å². The van der Waals surface area contributed by atoms with Gasteiger partial charge in [0.15, 0.2) is 0 Å². The van der Waals surface area contributed by atoms with E-state index in [-0.39, 0.29) is 11.6 Å². The van der Waals surface area contributed by atoms with Gasteiger partial charge in [0.05, 0.1) is 5.56 Å². The average Bonchev–Trinajstić information content (AvgIpc) is 2.81. The summed E-state index contributed by atoms with van der Waals surface area (Å²) >= 11 is 0. The van der Waals surface area contributed by atoms with E-state index in [0.717, 1.165) is 31.6 Å². The van der Waals surface area contributed by atoms with Gasteiger partial charge in [0, 0.05) is 20.1 Å². The molecule has 20 heavy (non-hydrogen) atoms. The fourth-order valence-corrected chi connectivity index (χ4v) is 2.35. The second-order valence-corrected chi connectivity index (χ2v) is 5.17. The number of likely N-dealkylation sites (tertiary alicyclic amines) is 1. The van der Waals surface area contributed by atoms with E-state index < -0.39 is 11.7 Å². The molecule has 1 unspecified atom stereocenters. The van der Waals surface area contributed by atoms with Crippen molar-refractivity contribution >= 4 is 11.6 Å². The summed E-state index contributed by atoms with van der Waals surface area (Å²) in [5.74, 6) is 0.930. The van der Waals surface area contributed by atoms with Crippen LogP contribution in [-0.4, -0.2) is 43.6 Å². The van der Waals surface area contributed by atoms with Crippen LogP contribution in [0.2, 0.25) is 0 Å². The fraction of sp³-hybridized carbons (Fsp3) is 0.615. The van der Waals surface area contributed by atoms with Crippen molar-refractivity contribution in [2.45, 2.75) is 12.6 Å². The third kappa shape index (κ3) is 3.75. The first-order valence-electron chi connectivity index (χ1n) is 6.58. The SMILES string of the molecule is CNc1cc(C(F)(F)F)cc(NCC2CCN(C)C2)n1. The molecule has 0 radical (unpaired) electrons. The Kier molecular flexibility index (Phi) is 4.37. The number of nitrogens with zero attached hydrogens (tertiary/aromatic N) is 2. The summed E-state index contributed by atoms with van der Waals surface area (Å²) in [7, 11) is 3.60. The first-order chi connectivity index (χ1) is 9.38. The zero-order valence-corrected chi connectivity index (χ0v) is 11.6. The number of hydrogen-bond donors (Lipinski definition) is 2. The zero-order chi connectivity index (χ0) is 14.8. The van der Waals surface area contributed by atoms with E-state index in [9.17, 15) is 13.2 Å². The van der Waals surface area contributed by atoms with E-state index in [0.29, 0.717) is 12.5 Å². The molecule has 1 atom stereocenters. The molecule has 7 heteroatoms. The standard InChI is InChI=1S/C13H19F3N4/c1-17-11-5-10(13(14,15)16)6-12(19-11)18-7-9-3-4-20(2)8-9/h5-6,9H,3-4,7-8H2,1-2H3,(H2,17,18,19). The van der Waals surface area contributed by atoms with Crippen LogP contribution in [0.15, 0.2) is 12.1 Å². The lowest BCUT2D eigenvalue weighted by Crippen LogP contribution is -2.20. The molecule has 0 saturated carbocycles. The van der Waals surface area contributed by atoms with Crippen molar-refractivity contribution in [2.75, 3.05) is 44.4 Å². The van der Waals surface area contributed by atoms with Crippen molar-refractivity contribution in [3.05, 3.63) is 17.7 Å². The van der Waals surface area contributed by atoms with Crippen LogP contribution in [-0.2, 0) is 6.18 Å². The van der Waals surface area contributed by atoms with Crippen LogP contribution >= 0.6 is 0 Å². The molecule has 0 aliphatic carbocycles. The molecule has 2 rings (SSSR count). The Balaban J connectivity index is 2.07. The summed E-state index contributed by atoms with van der Waals surface area (Å²) in [5.41, 5.74) is -0.692. The van der Waals surface area contributed by atoms with Crippen molar-refractivity contribution < 1.29 is 13.2 Å². The largest absolute Gasteiger partial charge is 0.416 e. The van der Waals surface area contributed by atoms with E-state index in [1.54, 1.807) is 7.05 Å². The van der Waals surface area contributed by atoms with Gasteiger partial charge in [-0.15, -0.1) is 0 Å². The third-order valence-corrected chi connectivity index (χ3v) is 3.47. The molecule has 2 heterocycles. The molecule has 0 amide bonds. The van der Waals surface area contributed by atoms with Gasteiger partial charge >= 0.3 is 6.18 Å². The minimum Gasteiger partial charge on any atom is -0.373 e. The molecule has 1 aliphatic heterocycles. The third-order valence-electron chi connectivity index (χ3n) is 3.47. The Hall–Kier alpha value is -1.50. The van der Waals surface area contributed by atoms with Crippen LogP contribution in [0, 0.1) is 5.92 Å². The Morgan fingerprint density at radius 1 is 1.35 bits per heavy atom. The molecule has 2 N–H and O–H groups in total. The maximum absolute atomic E-state index is 12.8. The Morgan fingerprint density at radius 3 is 2.60 bits per heavy atom. The number of aromatic nitrogens is 1. The molecule has 1 saturated heterocycles. The minimum atomic E-state index is -4.36. The van der Waals surface area contributed by atoms with E-state index in [2.05, 4.69) is 20.5 Å². The van der Waals surface area contributed by atoms with Gasteiger partial charge in [0.1, 0.15) is 11.6 Å². The quantitative estimate of drug-likeness (QED) is 0.893. The average molecular weight is 288 g/mol. The number of alkyl halides is 3. The van der Waals surface area contributed by atoms with Gasteiger partial charge in [-0.3, -0.25) is 0 Å². The van der Waals surface area contributed by atoms with Gasteiger partial charge in [-0.05, 0) is 38.1 Å². The number of hydrogen-bond acceptors (Lipinski definition) is 4. The van der Waals surface area contributed by atoms with Crippen molar-refractivity contribution in [2.24, 2.45) is 5.92 Å². The Labute approximate surface area is 116 Å². The molecular weight excluding hydrogens is 269 g/mol. The first kappa shape index (κ1) is 14.9. The lowest BCUT2D eigenvalue weighted by Gasteiger charge is -2.15. The molecule has 0 spiro atoms. The van der Waals surface area contributed by atoms with Gasteiger partial charge in [-0.1, -0.05) is 0 Å². The predicted molar refractivity (Wildman–Crippen MR) is 72.9 cm³/mol. The highest BCUT2D eigenvalue weighted by atomic mass is 19.4. The van der Waals surface area contributed by atoms with Gasteiger partial charge < -0.3 is 15.5 Å². The maximum Gasteiger partial charge on any atom is 0.416 e. The zero-order valence-electron chi connectivity index (χ0n) is 11.6. The highest BCUT2D eigenvalue weighted by Gasteiger charge is 2.31. The molecule has 4 nitrogen and oxygen atoms in total. The molecule has 0 bridgehead atoms. The predicted octanol–water partition coefficient (Wildman–Crippen LogP) is 2.51. The summed E-state index contributed by atoms with van der Waals surface area (Å²) in [6.07, 6.45) is -3.31. The summed E-state index contributed by atoms with van der Waals surface area (Å²) in [4.78, 5) is 6.32. The van der Waals surface area contributed by atoms with Gasteiger partial charge in [-0.25, -0.2) is 4.98 Å². The number of pyridine rings is 1. The van der Waals surface area contributed by atoms with Crippen LogP contribution in [0.25, 0.3) is 0 Å². The highest BCUT2D eigenvalue weighted by molar-refractivity contribution is 5.49. The van der Waals surface area contributed by atoms with Crippen LogP contribution in [0.5, 0.6) is 0 Å². The van der Waals surface area contributed by atoms with Crippen molar-refractivity contribution in [3.8, 4) is 0 Å². The van der Waals surface area contributed by atoms with Crippen molar-refractivity contribution in [1.29, 1.82) is 0 Å². The topological polar surface area (TPSA) is 40.2 Å². The van der Waals surface area contributed by atoms with Crippen LogP contribution in [0.1, 0.15) is 12.0 Å². The number of nitrogens with one attached hydrogen (secondary N) is 2. The lowest BCUT2D eigenvalue weighted by molar-refractivity contribution is -0.137. The van der Waals surface area contributed by atoms with Crippen LogP contribution in [0.3, 0.4) is 0 Å². The van der Waals surface area contributed by atoms with Crippen molar-refractivity contribution in [3.63, 3.8) is 0 Å². The number of halogens is 3. The lowest BCUT2D eigenvalue weighted by atomic mass is 10.1. The van der Waals surface area contributed by atoms with Crippen LogP contribution < -0.4 is 10.6 Å². The maximum atomic E-state index is 12.8. The van der Waals surface area contributed by atoms with E-state index in [4.69, 9.17) is 0 Å². The van der Waals surface area contributed by atoms with Gasteiger partial charge in [0.2, 0.25) is 0 Å². The first-order valence-corrected chi connectivity index (χ1v) is 6.58. The number of rotatable bonds is 4. The highest BCUT2D eigenvalue weighted by Crippen LogP contribution is 2.32. The van der Waals surface area contributed by atoms with Gasteiger partial charge in [-0.2, -0.15) is 13.2 Å². The normalized spacial score (nSPS) is 20.1. The molecule has 1 aromatic rings. The smallest absolute Gasteiger partial charge is 0.373 e. The number of anilines is 2. The Morgan fingerprint density at radius 2 is 2.05 bits per heavy atom. The van der Waals surface area contributed by atoms with Crippen molar-refractivity contribution in [1.82, 2.24) is 9.88 Å². The molecule has 112 valence electrons. The van der Waals surface area contributed by atoms with Crippen LogP contribution in [0.4, 0.5) is 24.8 Å². The molecular formula is C13H19F3N4. The fourth-order valence-electron chi connectivity index (χ4n) is 2.35. The molecule has 0 aromatic carbocycles. The summed E-state index contributed by atoms with van der Waals surface area (Å²) < 4.78 is 38.4. The molecule has 1 fully saturated rings. The monoisotopic (exact) mass is 288 g/mol. The molecule has 1 aliphatic rings. The van der Waals surface area contributed by atoms with Gasteiger partial charge in [0.25, 0.3) is 0 Å². The molecule has 1 aromatic heterocycles. The second-order valence-electron chi connectivity index (χ2n) is 5.17. The minimum absolute atomic E-state index is 0.214. The summed E-state index contributed by atoms with van der Waals surface area (Å²) in [5, 5.41) is 5.67. The van der Waals surface area contributed by atoms with E-state index in [1.165, 1.54) is 0 Å². The Bertz CT molecular complexity index is 461. The summed E-state index contributed by atoms with van der Waals surface area (Å²) in [6.45, 7) is 2.64. The second kappa shape index (κ2) is 5.87. The van der Waals surface area contributed by atoms with E-state index in [1.807, 2.05) is 7.05 Å². The summed E-state index contributed by atoms with van der Waals surface area (Å²) in [6, 6.07) is 2.06.